The van der Waals surface area contributed by atoms with Crippen molar-refractivity contribution in [1.29, 1.82) is 0 Å². The van der Waals surface area contributed by atoms with Crippen molar-refractivity contribution < 1.29 is 4.79 Å². The molecular weight excluding hydrogens is 262 g/mol. The fourth-order valence-corrected chi connectivity index (χ4v) is 2.30. The molecule has 0 aromatic heterocycles. The number of halogens is 1. The Morgan fingerprint density at radius 2 is 1.95 bits per heavy atom. The molecule has 4 nitrogen and oxygen atoms in total. The Kier molecular flexibility index (Phi) is 6.12. The molecule has 0 atom stereocenters. The summed E-state index contributed by atoms with van der Waals surface area (Å²) < 4.78 is 0. The van der Waals surface area contributed by atoms with Crippen LogP contribution in [-0.4, -0.2) is 50.6 Å². The van der Waals surface area contributed by atoms with E-state index >= 15 is 0 Å². The first kappa shape index (κ1) is 15.8. The number of carbonyl (C=O) groups excluding carboxylic acids is 1. The Morgan fingerprint density at radius 1 is 1.26 bits per heavy atom. The summed E-state index contributed by atoms with van der Waals surface area (Å²) in [5.74, 6) is 0.196. The van der Waals surface area contributed by atoms with Crippen LogP contribution in [0.25, 0.3) is 0 Å². The molecule has 1 aliphatic rings. The smallest absolute Gasteiger partial charge is 0.236 e. The first-order valence-electron chi connectivity index (χ1n) is 6.44. The zero-order valence-electron chi connectivity index (χ0n) is 11.6. The lowest BCUT2D eigenvalue weighted by atomic mass is 10.2. The van der Waals surface area contributed by atoms with Crippen molar-refractivity contribution >= 4 is 24.0 Å². The SMILES string of the molecule is CNCC(=O)N1CCN(c2cccc(C)c2)CC1.Cl. The second kappa shape index (κ2) is 7.36. The van der Waals surface area contributed by atoms with Crippen LogP contribution in [0.2, 0.25) is 0 Å². The van der Waals surface area contributed by atoms with Crippen molar-refractivity contribution in [2.75, 3.05) is 44.7 Å². The van der Waals surface area contributed by atoms with E-state index in [1.165, 1.54) is 11.3 Å². The van der Waals surface area contributed by atoms with Gasteiger partial charge in [-0.3, -0.25) is 4.79 Å². The van der Waals surface area contributed by atoms with Gasteiger partial charge in [-0.15, -0.1) is 12.4 Å². The molecule has 19 heavy (non-hydrogen) atoms. The van der Waals surface area contributed by atoms with Crippen LogP contribution in [0.1, 0.15) is 5.56 Å². The molecule has 1 aromatic rings. The summed E-state index contributed by atoms with van der Waals surface area (Å²) in [5, 5.41) is 2.91. The molecular formula is C14H22ClN3O. The van der Waals surface area contributed by atoms with Gasteiger partial charge in [-0.1, -0.05) is 12.1 Å². The Bertz CT molecular complexity index is 417. The maximum atomic E-state index is 11.7. The number of nitrogens with zero attached hydrogens (tertiary/aromatic N) is 2. The summed E-state index contributed by atoms with van der Waals surface area (Å²) in [6, 6.07) is 8.53. The number of aryl methyl sites for hydroxylation is 1. The number of piperazine rings is 1. The van der Waals surface area contributed by atoms with E-state index in [0.717, 1.165) is 26.2 Å². The van der Waals surface area contributed by atoms with Crippen LogP contribution in [0.4, 0.5) is 5.69 Å². The molecule has 5 heteroatoms. The molecule has 0 unspecified atom stereocenters. The molecule has 1 heterocycles. The molecule has 1 amide bonds. The molecule has 1 aliphatic heterocycles. The fourth-order valence-electron chi connectivity index (χ4n) is 2.30. The average molecular weight is 284 g/mol. The fraction of sp³-hybridized carbons (Fsp3) is 0.500. The summed E-state index contributed by atoms with van der Waals surface area (Å²) in [7, 11) is 1.81. The number of hydrogen-bond acceptors (Lipinski definition) is 3. The number of amides is 1. The predicted molar refractivity (Wildman–Crippen MR) is 81.1 cm³/mol. The molecule has 0 aliphatic carbocycles. The number of anilines is 1. The minimum Gasteiger partial charge on any atom is -0.368 e. The summed E-state index contributed by atoms with van der Waals surface area (Å²) in [4.78, 5) is 16.0. The lowest BCUT2D eigenvalue weighted by Crippen LogP contribution is -2.50. The summed E-state index contributed by atoms with van der Waals surface area (Å²) in [6.07, 6.45) is 0. The first-order chi connectivity index (χ1) is 8.70. The number of carbonyl (C=O) groups is 1. The Balaban J connectivity index is 0.00000180. The van der Waals surface area contributed by atoms with E-state index in [4.69, 9.17) is 0 Å². The zero-order chi connectivity index (χ0) is 13.0. The van der Waals surface area contributed by atoms with Gasteiger partial charge in [-0.05, 0) is 31.7 Å². The number of rotatable bonds is 3. The van der Waals surface area contributed by atoms with Gasteiger partial charge >= 0.3 is 0 Å². The second-order valence-corrected chi connectivity index (χ2v) is 4.74. The number of benzene rings is 1. The highest BCUT2D eigenvalue weighted by Gasteiger charge is 2.20. The summed E-state index contributed by atoms with van der Waals surface area (Å²) in [5.41, 5.74) is 2.54. The third-order valence-electron chi connectivity index (χ3n) is 3.33. The lowest BCUT2D eigenvalue weighted by Gasteiger charge is -2.36. The van der Waals surface area contributed by atoms with Crippen LogP contribution < -0.4 is 10.2 Å². The lowest BCUT2D eigenvalue weighted by molar-refractivity contribution is -0.130. The minimum absolute atomic E-state index is 0. The number of nitrogens with one attached hydrogen (secondary N) is 1. The van der Waals surface area contributed by atoms with Crippen LogP contribution in [-0.2, 0) is 4.79 Å². The van der Waals surface area contributed by atoms with Gasteiger partial charge in [0.1, 0.15) is 0 Å². The van der Waals surface area contributed by atoms with Crippen LogP contribution in [0.3, 0.4) is 0 Å². The van der Waals surface area contributed by atoms with Gasteiger partial charge in [-0.2, -0.15) is 0 Å². The van der Waals surface area contributed by atoms with Gasteiger partial charge in [0.25, 0.3) is 0 Å². The molecule has 0 spiro atoms. The Labute approximate surface area is 121 Å². The third-order valence-corrected chi connectivity index (χ3v) is 3.33. The highest BCUT2D eigenvalue weighted by molar-refractivity contribution is 5.85. The van der Waals surface area contributed by atoms with Crippen LogP contribution in [0.5, 0.6) is 0 Å². The number of hydrogen-bond donors (Lipinski definition) is 1. The van der Waals surface area contributed by atoms with Gasteiger partial charge in [-0.25, -0.2) is 0 Å². The van der Waals surface area contributed by atoms with Crippen molar-refractivity contribution in [3.05, 3.63) is 29.8 Å². The minimum atomic E-state index is 0. The second-order valence-electron chi connectivity index (χ2n) is 4.74. The molecule has 0 saturated carbocycles. The molecule has 2 rings (SSSR count). The summed E-state index contributed by atoms with van der Waals surface area (Å²) in [6.45, 7) is 6.00. The highest BCUT2D eigenvalue weighted by atomic mass is 35.5. The normalized spacial score (nSPS) is 15.1. The third kappa shape index (κ3) is 4.11. The maximum Gasteiger partial charge on any atom is 0.236 e. The predicted octanol–water partition coefficient (Wildman–Crippen LogP) is 1.28. The van der Waals surface area contributed by atoms with Gasteiger partial charge in [0, 0.05) is 31.9 Å². The summed E-state index contributed by atoms with van der Waals surface area (Å²) >= 11 is 0. The monoisotopic (exact) mass is 283 g/mol. The topological polar surface area (TPSA) is 35.6 Å². The van der Waals surface area contributed by atoms with E-state index < -0.39 is 0 Å². The average Bonchev–Trinajstić information content (AvgIpc) is 2.39. The highest BCUT2D eigenvalue weighted by Crippen LogP contribution is 2.17. The van der Waals surface area contributed by atoms with Gasteiger partial charge in [0.05, 0.1) is 6.54 Å². The first-order valence-corrected chi connectivity index (χ1v) is 6.44. The van der Waals surface area contributed by atoms with Crippen LogP contribution in [0.15, 0.2) is 24.3 Å². The Morgan fingerprint density at radius 3 is 2.53 bits per heavy atom. The largest absolute Gasteiger partial charge is 0.368 e. The quantitative estimate of drug-likeness (QED) is 0.908. The van der Waals surface area contributed by atoms with Crippen molar-refractivity contribution in [2.24, 2.45) is 0 Å². The van der Waals surface area contributed by atoms with E-state index in [1.54, 1.807) is 7.05 Å². The molecule has 1 N–H and O–H groups in total. The van der Waals surface area contributed by atoms with Crippen LogP contribution in [0, 0.1) is 6.92 Å². The van der Waals surface area contributed by atoms with Crippen molar-refractivity contribution in [1.82, 2.24) is 10.2 Å². The van der Waals surface area contributed by atoms with E-state index in [-0.39, 0.29) is 18.3 Å². The van der Waals surface area contributed by atoms with E-state index in [2.05, 4.69) is 41.4 Å². The van der Waals surface area contributed by atoms with E-state index in [9.17, 15) is 4.79 Å². The number of likely N-dealkylation sites (N-methyl/N-ethyl adjacent to an activating group) is 1. The van der Waals surface area contributed by atoms with Gasteiger partial charge < -0.3 is 15.1 Å². The van der Waals surface area contributed by atoms with Crippen molar-refractivity contribution in [2.45, 2.75) is 6.92 Å². The van der Waals surface area contributed by atoms with Crippen LogP contribution >= 0.6 is 12.4 Å². The van der Waals surface area contributed by atoms with Gasteiger partial charge in [0.2, 0.25) is 5.91 Å². The molecule has 1 fully saturated rings. The molecule has 0 bridgehead atoms. The van der Waals surface area contributed by atoms with Crippen molar-refractivity contribution in [3.8, 4) is 0 Å². The maximum absolute atomic E-state index is 11.7. The standard InChI is InChI=1S/C14H21N3O.ClH/c1-12-4-3-5-13(10-12)16-6-8-17(9-7-16)14(18)11-15-2;/h3-5,10,15H,6-9,11H2,1-2H3;1H. The van der Waals surface area contributed by atoms with E-state index in [1.807, 2.05) is 4.90 Å². The Hall–Kier alpha value is -1.26. The zero-order valence-corrected chi connectivity index (χ0v) is 12.4. The van der Waals surface area contributed by atoms with E-state index in [0.29, 0.717) is 6.54 Å². The molecule has 1 aromatic carbocycles. The van der Waals surface area contributed by atoms with Gasteiger partial charge in [0.15, 0.2) is 0 Å². The molecule has 1 saturated heterocycles. The molecule has 106 valence electrons. The van der Waals surface area contributed by atoms with Crippen molar-refractivity contribution in [3.63, 3.8) is 0 Å². The molecule has 0 radical (unpaired) electrons.